The summed E-state index contributed by atoms with van der Waals surface area (Å²) in [5.74, 6) is -0.430. The summed E-state index contributed by atoms with van der Waals surface area (Å²) in [5, 5.41) is 17.3. The minimum atomic E-state index is -0.567. The Balaban J connectivity index is 2.86. The van der Waals surface area contributed by atoms with Crippen molar-refractivity contribution >= 4 is 11.7 Å². The molecule has 1 aromatic heterocycles. The third-order valence-electron chi connectivity index (χ3n) is 2.84. The zero-order valence-electron chi connectivity index (χ0n) is 11.0. The van der Waals surface area contributed by atoms with E-state index in [9.17, 15) is 14.9 Å². The summed E-state index contributed by atoms with van der Waals surface area (Å²) in [6.45, 7) is 7.23. The lowest BCUT2D eigenvalue weighted by atomic mass is 10.2. The molecule has 0 aromatic carbocycles. The van der Waals surface area contributed by atoms with Crippen LogP contribution in [-0.4, -0.2) is 26.7 Å². The van der Waals surface area contributed by atoms with Gasteiger partial charge in [-0.3, -0.25) is 4.79 Å². The normalized spacial score (nSPS) is 14.0. The molecule has 1 amide bonds. The molecule has 18 heavy (non-hydrogen) atoms. The van der Waals surface area contributed by atoms with E-state index in [2.05, 4.69) is 10.4 Å². The molecule has 0 fully saturated rings. The smallest absolute Gasteiger partial charge is 0.358 e. The molecule has 2 atom stereocenters. The third-order valence-corrected chi connectivity index (χ3v) is 2.84. The van der Waals surface area contributed by atoms with Gasteiger partial charge in [-0.2, -0.15) is 4.68 Å². The number of amides is 1. The maximum atomic E-state index is 11.9. The van der Waals surface area contributed by atoms with Gasteiger partial charge in [-0.1, -0.05) is 6.92 Å². The number of nitrogens with one attached hydrogen (secondary N) is 1. The third kappa shape index (κ3) is 3.06. The van der Waals surface area contributed by atoms with Crippen LogP contribution in [0.1, 0.15) is 38.9 Å². The highest BCUT2D eigenvalue weighted by Crippen LogP contribution is 2.16. The fourth-order valence-electron chi connectivity index (χ4n) is 1.53. The molecular formula is C11H18N4O3. The Morgan fingerprint density at radius 3 is 2.67 bits per heavy atom. The molecule has 7 heteroatoms. The molecule has 0 bridgehead atoms. The minimum absolute atomic E-state index is 0.0748. The summed E-state index contributed by atoms with van der Waals surface area (Å²) in [7, 11) is 0. The van der Waals surface area contributed by atoms with Gasteiger partial charge in [-0.25, -0.2) is 0 Å². The molecule has 2 unspecified atom stereocenters. The molecule has 0 aliphatic carbocycles. The van der Waals surface area contributed by atoms with Gasteiger partial charge in [0.15, 0.2) is 0 Å². The van der Waals surface area contributed by atoms with E-state index in [0.717, 1.165) is 6.42 Å². The summed E-state index contributed by atoms with van der Waals surface area (Å²) in [6.07, 6.45) is 0.830. The summed E-state index contributed by atoms with van der Waals surface area (Å²) in [5.41, 5.74) is 0.591. The van der Waals surface area contributed by atoms with Gasteiger partial charge in [0.2, 0.25) is 5.91 Å². The van der Waals surface area contributed by atoms with Crippen LogP contribution >= 0.6 is 0 Å². The number of hydrogen-bond donors (Lipinski definition) is 1. The Bertz CT molecular complexity index is 455. The van der Waals surface area contributed by atoms with Crippen LogP contribution in [0.2, 0.25) is 0 Å². The van der Waals surface area contributed by atoms with Gasteiger partial charge >= 0.3 is 5.82 Å². The largest absolute Gasteiger partial charge is 0.390 e. The van der Waals surface area contributed by atoms with Gasteiger partial charge in [0.05, 0.1) is 16.9 Å². The van der Waals surface area contributed by atoms with Crippen molar-refractivity contribution in [1.29, 1.82) is 0 Å². The van der Waals surface area contributed by atoms with E-state index in [1.165, 1.54) is 10.7 Å². The lowest BCUT2D eigenvalue weighted by molar-refractivity contribution is -0.389. The van der Waals surface area contributed by atoms with Crippen LogP contribution in [0, 0.1) is 17.0 Å². The van der Waals surface area contributed by atoms with Crippen LogP contribution in [0.25, 0.3) is 0 Å². The van der Waals surface area contributed by atoms with Crippen molar-refractivity contribution in [3.8, 4) is 0 Å². The highest BCUT2D eigenvalue weighted by Gasteiger charge is 2.24. The Labute approximate surface area is 105 Å². The van der Waals surface area contributed by atoms with E-state index < -0.39 is 11.0 Å². The zero-order valence-corrected chi connectivity index (χ0v) is 11.0. The number of carbonyl (C=O) groups excluding carboxylic acids is 1. The topological polar surface area (TPSA) is 90.1 Å². The van der Waals surface area contributed by atoms with Crippen molar-refractivity contribution in [2.24, 2.45) is 0 Å². The van der Waals surface area contributed by atoms with E-state index in [1.54, 1.807) is 13.8 Å². The summed E-state index contributed by atoms with van der Waals surface area (Å²) < 4.78 is 1.37. The van der Waals surface area contributed by atoms with E-state index in [4.69, 9.17) is 0 Å². The zero-order chi connectivity index (χ0) is 13.9. The summed E-state index contributed by atoms with van der Waals surface area (Å²) in [6, 6.07) is 0.867. The lowest BCUT2D eigenvalue weighted by Gasteiger charge is -2.15. The second-order valence-corrected chi connectivity index (χ2v) is 4.34. The number of aryl methyl sites for hydroxylation is 1. The first-order chi connectivity index (χ1) is 8.36. The molecule has 1 aromatic rings. The second-order valence-electron chi connectivity index (χ2n) is 4.34. The van der Waals surface area contributed by atoms with Crippen molar-refractivity contribution < 1.29 is 9.72 Å². The van der Waals surface area contributed by atoms with Crippen LogP contribution < -0.4 is 5.32 Å². The Hall–Kier alpha value is -1.92. The maximum absolute atomic E-state index is 11.9. The summed E-state index contributed by atoms with van der Waals surface area (Å²) >= 11 is 0. The highest BCUT2D eigenvalue weighted by molar-refractivity contribution is 5.80. The molecule has 1 N–H and O–H groups in total. The van der Waals surface area contributed by atoms with E-state index in [-0.39, 0.29) is 17.8 Å². The van der Waals surface area contributed by atoms with Gasteiger partial charge < -0.3 is 15.4 Å². The van der Waals surface area contributed by atoms with Gasteiger partial charge in [0.1, 0.15) is 6.04 Å². The van der Waals surface area contributed by atoms with Crippen molar-refractivity contribution in [2.45, 2.75) is 46.2 Å². The lowest BCUT2D eigenvalue weighted by Crippen LogP contribution is -2.37. The second kappa shape index (κ2) is 5.61. The molecule has 100 valence electrons. The monoisotopic (exact) mass is 254 g/mol. The standard InChI is InChI=1S/C11H18N4O3/c1-5-7(2)12-11(16)9(4)14-8(3)6-10(13-14)15(17)18/h6-7,9H,5H2,1-4H3,(H,12,16). The van der Waals surface area contributed by atoms with Crippen molar-refractivity contribution in [1.82, 2.24) is 15.1 Å². The van der Waals surface area contributed by atoms with E-state index in [0.29, 0.717) is 5.69 Å². The minimum Gasteiger partial charge on any atom is -0.358 e. The Kier molecular flexibility index (Phi) is 4.41. The molecule has 0 saturated carbocycles. The first-order valence-electron chi connectivity index (χ1n) is 5.87. The number of carbonyl (C=O) groups is 1. The van der Waals surface area contributed by atoms with Crippen molar-refractivity contribution in [2.75, 3.05) is 0 Å². The number of aromatic nitrogens is 2. The van der Waals surface area contributed by atoms with Gasteiger partial charge in [-0.05, 0) is 32.1 Å². The Morgan fingerprint density at radius 2 is 2.22 bits per heavy atom. The highest BCUT2D eigenvalue weighted by atomic mass is 16.6. The summed E-state index contributed by atoms with van der Waals surface area (Å²) in [4.78, 5) is 21.9. The van der Waals surface area contributed by atoms with Crippen LogP contribution in [0.5, 0.6) is 0 Å². The quantitative estimate of drug-likeness (QED) is 0.638. The fraction of sp³-hybridized carbons (Fsp3) is 0.636. The maximum Gasteiger partial charge on any atom is 0.390 e. The first kappa shape index (κ1) is 14.1. The molecule has 0 saturated heterocycles. The molecule has 1 rings (SSSR count). The van der Waals surface area contributed by atoms with Crippen LogP contribution in [-0.2, 0) is 4.79 Å². The average Bonchev–Trinajstić information content (AvgIpc) is 2.70. The number of nitrogens with zero attached hydrogens (tertiary/aromatic N) is 3. The molecule has 1 heterocycles. The molecule has 7 nitrogen and oxygen atoms in total. The van der Waals surface area contributed by atoms with Crippen LogP contribution in [0.4, 0.5) is 5.82 Å². The predicted octanol–water partition coefficient (Wildman–Crippen LogP) is 1.58. The van der Waals surface area contributed by atoms with E-state index in [1.807, 2.05) is 13.8 Å². The van der Waals surface area contributed by atoms with E-state index >= 15 is 0 Å². The number of hydrogen-bond acceptors (Lipinski definition) is 4. The molecule has 0 aliphatic rings. The molecule has 0 radical (unpaired) electrons. The fourth-order valence-corrected chi connectivity index (χ4v) is 1.53. The van der Waals surface area contributed by atoms with Crippen LogP contribution in [0.15, 0.2) is 6.07 Å². The van der Waals surface area contributed by atoms with Gasteiger partial charge in [0, 0.05) is 6.04 Å². The van der Waals surface area contributed by atoms with Crippen LogP contribution in [0.3, 0.4) is 0 Å². The number of nitro groups is 1. The first-order valence-corrected chi connectivity index (χ1v) is 5.87. The molecule has 0 spiro atoms. The Morgan fingerprint density at radius 1 is 1.61 bits per heavy atom. The molecule has 0 aliphatic heterocycles. The predicted molar refractivity (Wildman–Crippen MR) is 66.2 cm³/mol. The molecular weight excluding hydrogens is 236 g/mol. The van der Waals surface area contributed by atoms with Gasteiger partial charge in [-0.15, -0.1) is 0 Å². The van der Waals surface area contributed by atoms with Crippen molar-refractivity contribution in [3.05, 3.63) is 21.9 Å². The van der Waals surface area contributed by atoms with Gasteiger partial charge in [0.25, 0.3) is 0 Å². The number of rotatable bonds is 5. The van der Waals surface area contributed by atoms with Crippen molar-refractivity contribution in [3.63, 3.8) is 0 Å². The SMILES string of the molecule is CCC(C)NC(=O)C(C)n1nc([N+](=O)[O-])cc1C. The average molecular weight is 254 g/mol.